The smallest absolute Gasteiger partial charge is 0.322 e. The third kappa shape index (κ3) is 5.84. The zero-order valence-corrected chi connectivity index (χ0v) is 19.4. The van der Waals surface area contributed by atoms with Crippen LogP contribution in [-0.2, 0) is 24.5 Å². The number of nitrogens with one attached hydrogen (secondary N) is 1. The van der Waals surface area contributed by atoms with Crippen LogP contribution >= 0.6 is 0 Å². The number of benzene rings is 3. The van der Waals surface area contributed by atoms with E-state index in [1.54, 1.807) is 12.0 Å². The summed E-state index contributed by atoms with van der Waals surface area (Å²) in [5.41, 5.74) is 6.10. The molecule has 172 valence electrons. The summed E-state index contributed by atoms with van der Waals surface area (Å²) in [5.74, 6) is 1.44. The largest absolute Gasteiger partial charge is 0.495 e. The van der Waals surface area contributed by atoms with Crippen molar-refractivity contribution < 1.29 is 19.0 Å². The van der Waals surface area contributed by atoms with Gasteiger partial charge in [-0.1, -0.05) is 42.0 Å². The van der Waals surface area contributed by atoms with Gasteiger partial charge in [0.05, 0.1) is 39.1 Å². The molecular weight excluding hydrogens is 416 g/mol. The van der Waals surface area contributed by atoms with Crippen molar-refractivity contribution in [2.45, 2.75) is 33.6 Å². The predicted octanol–water partition coefficient (Wildman–Crippen LogP) is 5.46. The van der Waals surface area contributed by atoms with E-state index in [0.29, 0.717) is 44.3 Å². The molecule has 0 saturated carbocycles. The fraction of sp³-hybridized carbons (Fsp3) is 0.296. The lowest BCUT2D eigenvalue weighted by atomic mass is 10.1. The van der Waals surface area contributed by atoms with Gasteiger partial charge in [-0.3, -0.25) is 0 Å². The number of hydrogen-bond donors (Lipinski definition) is 1. The molecule has 1 aliphatic heterocycles. The summed E-state index contributed by atoms with van der Waals surface area (Å²) < 4.78 is 17.2. The van der Waals surface area contributed by atoms with Gasteiger partial charge < -0.3 is 24.4 Å². The van der Waals surface area contributed by atoms with E-state index in [1.807, 2.05) is 37.3 Å². The monoisotopic (exact) mass is 446 g/mol. The molecule has 3 aromatic carbocycles. The van der Waals surface area contributed by atoms with Crippen LogP contribution < -0.4 is 14.8 Å². The number of fused-ring (bicyclic) bond motifs is 1. The SMILES string of the molecule is COc1ccc(C)cc1NC(=O)N1CCOc2ccc(COCc3ccc(C)cc3)cc2C1. The molecule has 0 fully saturated rings. The summed E-state index contributed by atoms with van der Waals surface area (Å²) in [7, 11) is 1.60. The minimum atomic E-state index is -0.184. The average molecular weight is 447 g/mol. The van der Waals surface area contributed by atoms with Gasteiger partial charge in [-0.2, -0.15) is 0 Å². The van der Waals surface area contributed by atoms with Gasteiger partial charge in [-0.05, 0) is 54.8 Å². The normalized spacial score (nSPS) is 13.0. The highest BCUT2D eigenvalue weighted by atomic mass is 16.5. The quantitative estimate of drug-likeness (QED) is 0.547. The van der Waals surface area contributed by atoms with Crippen LogP contribution in [0.15, 0.2) is 60.7 Å². The highest BCUT2D eigenvalue weighted by Gasteiger charge is 2.21. The van der Waals surface area contributed by atoms with E-state index in [0.717, 1.165) is 28.0 Å². The summed E-state index contributed by atoms with van der Waals surface area (Å²) in [6.07, 6.45) is 0. The van der Waals surface area contributed by atoms with Crippen molar-refractivity contribution in [1.82, 2.24) is 4.90 Å². The number of anilines is 1. The van der Waals surface area contributed by atoms with Gasteiger partial charge in [0.25, 0.3) is 0 Å². The minimum absolute atomic E-state index is 0.184. The molecule has 33 heavy (non-hydrogen) atoms. The van der Waals surface area contributed by atoms with Crippen LogP contribution in [0.1, 0.15) is 27.8 Å². The molecule has 2 amide bonds. The molecule has 0 spiro atoms. The summed E-state index contributed by atoms with van der Waals surface area (Å²) >= 11 is 0. The zero-order valence-electron chi connectivity index (χ0n) is 19.4. The van der Waals surface area contributed by atoms with Crippen molar-refractivity contribution in [1.29, 1.82) is 0 Å². The second-order valence-electron chi connectivity index (χ2n) is 8.32. The number of methoxy groups -OCH3 is 1. The van der Waals surface area contributed by atoms with E-state index in [2.05, 4.69) is 42.6 Å². The summed E-state index contributed by atoms with van der Waals surface area (Å²) in [6.45, 7) is 6.50. The Balaban J connectivity index is 1.41. The lowest BCUT2D eigenvalue weighted by Crippen LogP contribution is -2.36. The van der Waals surface area contributed by atoms with Crippen LogP contribution in [0.3, 0.4) is 0 Å². The second-order valence-corrected chi connectivity index (χ2v) is 8.32. The number of carbonyl (C=O) groups is 1. The number of nitrogens with zero attached hydrogens (tertiary/aromatic N) is 1. The Kier molecular flexibility index (Phi) is 7.15. The van der Waals surface area contributed by atoms with E-state index < -0.39 is 0 Å². The third-order valence-corrected chi connectivity index (χ3v) is 5.65. The van der Waals surface area contributed by atoms with Gasteiger partial charge in [0, 0.05) is 5.56 Å². The lowest BCUT2D eigenvalue weighted by molar-refractivity contribution is 0.107. The molecule has 6 heteroatoms. The first kappa shape index (κ1) is 22.7. The van der Waals surface area contributed by atoms with Gasteiger partial charge in [0.1, 0.15) is 18.1 Å². The number of carbonyl (C=O) groups excluding carboxylic acids is 1. The Bertz CT molecular complexity index is 1110. The first-order chi connectivity index (χ1) is 16.0. The highest BCUT2D eigenvalue weighted by Crippen LogP contribution is 2.28. The van der Waals surface area contributed by atoms with Crippen molar-refractivity contribution in [2.75, 3.05) is 25.6 Å². The fourth-order valence-corrected chi connectivity index (χ4v) is 3.80. The predicted molar refractivity (Wildman–Crippen MR) is 129 cm³/mol. The molecule has 0 atom stereocenters. The molecule has 3 aromatic rings. The standard InChI is InChI=1S/C27H30N2O4/c1-19-4-7-21(8-5-19)17-32-18-22-9-11-25-23(15-22)16-29(12-13-33-25)27(30)28-24-14-20(2)6-10-26(24)31-3/h4-11,14-15H,12-13,16-18H2,1-3H3,(H,28,30). The van der Waals surface area contributed by atoms with Gasteiger partial charge in [-0.25, -0.2) is 4.79 Å². The molecular formula is C27H30N2O4. The summed E-state index contributed by atoms with van der Waals surface area (Å²) in [5, 5.41) is 2.98. The van der Waals surface area contributed by atoms with Crippen LogP contribution in [0.4, 0.5) is 10.5 Å². The van der Waals surface area contributed by atoms with Gasteiger partial charge in [0.2, 0.25) is 0 Å². The van der Waals surface area contributed by atoms with Crippen molar-refractivity contribution in [3.05, 3.63) is 88.5 Å². The topological polar surface area (TPSA) is 60.0 Å². The highest BCUT2D eigenvalue weighted by molar-refractivity contribution is 5.91. The maximum atomic E-state index is 13.0. The number of rotatable bonds is 6. The number of hydrogen-bond acceptors (Lipinski definition) is 4. The lowest BCUT2D eigenvalue weighted by Gasteiger charge is -2.21. The fourth-order valence-electron chi connectivity index (χ4n) is 3.80. The summed E-state index contributed by atoms with van der Waals surface area (Å²) in [4.78, 5) is 14.8. The first-order valence-corrected chi connectivity index (χ1v) is 11.1. The number of amides is 2. The molecule has 0 aromatic heterocycles. The van der Waals surface area contributed by atoms with Crippen molar-refractivity contribution in [3.8, 4) is 11.5 Å². The van der Waals surface area contributed by atoms with Gasteiger partial charge in [0.15, 0.2) is 0 Å². The molecule has 0 aliphatic carbocycles. The van der Waals surface area contributed by atoms with Crippen LogP contribution in [0, 0.1) is 13.8 Å². The van der Waals surface area contributed by atoms with E-state index >= 15 is 0 Å². The molecule has 0 bridgehead atoms. The molecule has 6 nitrogen and oxygen atoms in total. The molecule has 0 radical (unpaired) electrons. The molecule has 0 unspecified atom stereocenters. The van der Waals surface area contributed by atoms with E-state index in [1.165, 1.54) is 5.56 Å². The van der Waals surface area contributed by atoms with Crippen LogP contribution in [0.25, 0.3) is 0 Å². The van der Waals surface area contributed by atoms with E-state index in [9.17, 15) is 4.79 Å². The summed E-state index contributed by atoms with van der Waals surface area (Å²) in [6, 6.07) is 19.9. The van der Waals surface area contributed by atoms with E-state index in [4.69, 9.17) is 14.2 Å². The second kappa shape index (κ2) is 10.4. The van der Waals surface area contributed by atoms with Crippen LogP contribution in [-0.4, -0.2) is 31.2 Å². The van der Waals surface area contributed by atoms with Crippen molar-refractivity contribution in [3.63, 3.8) is 0 Å². The Morgan fingerprint density at radius 1 is 0.970 bits per heavy atom. The molecule has 1 heterocycles. The maximum absolute atomic E-state index is 13.0. The van der Waals surface area contributed by atoms with Crippen molar-refractivity contribution in [2.24, 2.45) is 0 Å². The van der Waals surface area contributed by atoms with Gasteiger partial charge >= 0.3 is 6.03 Å². The number of aryl methyl sites for hydroxylation is 2. The molecule has 1 N–H and O–H groups in total. The maximum Gasteiger partial charge on any atom is 0.322 e. The number of ether oxygens (including phenoxy) is 3. The molecule has 1 aliphatic rings. The zero-order chi connectivity index (χ0) is 23.2. The Morgan fingerprint density at radius 3 is 2.48 bits per heavy atom. The Labute approximate surface area is 195 Å². The molecule has 4 rings (SSSR count). The van der Waals surface area contributed by atoms with Crippen LogP contribution in [0.2, 0.25) is 0 Å². The Hall–Kier alpha value is -3.51. The van der Waals surface area contributed by atoms with Crippen molar-refractivity contribution >= 4 is 11.7 Å². The molecule has 0 saturated heterocycles. The average Bonchev–Trinajstić information content (AvgIpc) is 3.03. The minimum Gasteiger partial charge on any atom is -0.495 e. The first-order valence-electron chi connectivity index (χ1n) is 11.1. The Morgan fingerprint density at radius 2 is 1.70 bits per heavy atom. The van der Waals surface area contributed by atoms with E-state index in [-0.39, 0.29) is 6.03 Å². The van der Waals surface area contributed by atoms with Gasteiger partial charge in [-0.15, -0.1) is 0 Å². The third-order valence-electron chi connectivity index (χ3n) is 5.65. The van der Waals surface area contributed by atoms with Crippen LogP contribution in [0.5, 0.6) is 11.5 Å². The number of urea groups is 1.